The fourth-order valence-corrected chi connectivity index (χ4v) is 5.69. The van der Waals surface area contributed by atoms with E-state index < -0.39 is 31.2 Å². The number of rotatable bonds is 3. The number of hydrogen-bond acceptors (Lipinski definition) is 5. The Bertz CT molecular complexity index is 464. The molecule has 17 heavy (non-hydrogen) atoms. The third-order valence-corrected chi connectivity index (χ3v) is 7.11. The Labute approximate surface area is 101 Å². The van der Waals surface area contributed by atoms with Crippen molar-refractivity contribution in [1.29, 1.82) is 0 Å². The van der Waals surface area contributed by atoms with E-state index >= 15 is 0 Å². The van der Waals surface area contributed by atoms with Gasteiger partial charge in [0.05, 0.1) is 22.9 Å². The number of aliphatic hydroxyl groups is 1. The molecule has 2 rings (SSSR count). The molecule has 0 aromatic carbocycles. The van der Waals surface area contributed by atoms with E-state index in [0.717, 1.165) is 0 Å². The molecule has 0 aromatic rings. The van der Waals surface area contributed by atoms with Crippen LogP contribution in [-0.2, 0) is 19.9 Å². The molecular formula is C9H17NO5S2. The van der Waals surface area contributed by atoms with Gasteiger partial charge >= 0.3 is 0 Å². The largest absolute Gasteiger partial charge is 0.393 e. The van der Waals surface area contributed by atoms with E-state index in [2.05, 4.69) is 4.72 Å². The summed E-state index contributed by atoms with van der Waals surface area (Å²) in [5.41, 5.74) is 0. The average Bonchev–Trinajstić information content (AvgIpc) is 2.14. The van der Waals surface area contributed by atoms with Crippen LogP contribution in [0.25, 0.3) is 0 Å². The molecule has 0 unspecified atom stereocenters. The Morgan fingerprint density at radius 2 is 1.65 bits per heavy atom. The van der Waals surface area contributed by atoms with Gasteiger partial charge in [0.2, 0.25) is 10.0 Å². The van der Waals surface area contributed by atoms with Crippen LogP contribution in [-0.4, -0.2) is 50.8 Å². The van der Waals surface area contributed by atoms with Gasteiger partial charge in [-0.2, -0.15) is 0 Å². The summed E-state index contributed by atoms with van der Waals surface area (Å²) in [6.07, 6.45) is 0.836. The minimum Gasteiger partial charge on any atom is -0.393 e. The highest BCUT2D eigenvalue weighted by Crippen LogP contribution is 2.24. The van der Waals surface area contributed by atoms with Gasteiger partial charge in [0.15, 0.2) is 0 Å². The molecule has 1 aliphatic carbocycles. The molecular weight excluding hydrogens is 266 g/mol. The molecule has 0 bridgehead atoms. The summed E-state index contributed by atoms with van der Waals surface area (Å²) >= 11 is 0. The normalized spacial score (nSPS) is 34.2. The van der Waals surface area contributed by atoms with E-state index in [0.29, 0.717) is 12.8 Å². The number of aliphatic hydroxyl groups excluding tert-OH is 1. The van der Waals surface area contributed by atoms with Crippen LogP contribution in [0.5, 0.6) is 0 Å². The third-order valence-electron chi connectivity index (χ3n) is 3.38. The van der Waals surface area contributed by atoms with Gasteiger partial charge in [0, 0.05) is 6.04 Å². The molecule has 0 atom stereocenters. The first-order valence-corrected chi connectivity index (χ1v) is 9.05. The van der Waals surface area contributed by atoms with Crippen LogP contribution in [0.4, 0.5) is 0 Å². The summed E-state index contributed by atoms with van der Waals surface area (Å²) in [4.78, 5) is 0. The number of nitrogens with one attached hydrogen (secondary N) is 1. The molecule has 2 aliphatic rings. The number of hydrogen-bond donors (Lipinski definition) is 2. The molecule has 1 saturated carbocycles. The van der Waals surface area contributed by atoms with E-state index in [9.17, 15) is 16.8 Å². The SMILES string of the molecule is O=S1(=O)CCC(S(=O)(=O)NC2CC(O)C2)CC1. The number of sulfone groups is 1. The molecule has 0 spiro atoms. The molecule has 2 fully saturated rings. The molecule has 6 nitrogen and oxygen atoms in total. The van der Waals surface area contributed by atoms with Gasteiger partial charge in [0.25, 0.3) is 0 Å². The van der Waals surface area contributed by atoms with Gasteiger partial charge < -0.3 is 5.11 Å². The van der Waals surface area contributed by atoms with Crippen molar-refractivity contribution >= 4 is 19.9 Å². The summed E-state index contributed by atoms with van der Waals surface area (Å²) in [5, 5.41) is 8.47. The molecule has 100 valence electrons. The van der Waals surface area contributed by atoms with E-state index in [1.807, 2.05) is 0 Å². The summed E-state index contributed by atoms with van der Waals surface area (Å²) in [5.74, 6) is -0.0995. The minimum atomic E-state index is -3.44. The average molecular weight is 283 g/mol. The van der Waals surface area contributed by atoms with Gasteiger partial charge in [0.1, 0.15) is 9.84 Å². The van der Waals surface area contributed by atoms with Gasteiger partial charge in [-0.3, -0.25) is 0 Å². The summed E-state index contributed by atoms with van der Waals surface area (Å²) in [7, 11) is -6.48. The van der Waals surface area contributed by atoms with E-state index in [-0.39, 0.29) is 30.4 Å². The van der Waals surface area contributed by atoms with Gasteiger partial charge in [-0.15, -0.1) is 0 Å². The van der Waals surface area contributed by atoms with Gasteiger partial charge in [-0.25, -0.2) is 21.6 Å². The second-order valence-corrected chi connectivity index (χ2v) is 9.13. The first kappa shape index (κ1) is 13.3. The van der Waals surface area contributed by atoms with Crippen LogP contribution in [0.15, 0.2) is 0 Å². The molecule has 1 saturated heterocycles. The first-order chi connectivity index (χ1) is 7.78. The Balaban J connectivity index is 1.93. The fourth-order valence-electron chi connectivity index (χ4n) is 2.19. The maximum atomic E-state index is 11.9. The van der Waals surface area contributed by atoms with Crippen molar-refractivity contribution in [3.05, 3.63) is 0 Å². The first-order valence-electron chi connectivity index (χ1n) is 5.68. The van der Waals surface area contributed by atoms with Crippen molar-refractivity contribution in [1.82, 2.24) is 4.72 Å². The van der Waals surface area contributed by atoms with Crippen molar-refractivity contribution < 1.29 is 21.9 Å². The van der Waals surface area contributed by atoms with Gasteiger partial charge in [-0.1, -0.05) is 0 Å². The molecule has 1 aliphatic heterocycles. The second-order valence-electron chi connectivity index (χ2n) is 4.84. The standard InChI is InChI=1S/C9H17NO5S2/c11-8-5-7(6-8)10-17(14,15)9-1-3-16(12,13)4-2-9/h7-11H,1-6H2. The summed E-state index contributed by atoms with van der Waals surface area (Å²) in [6.45, 7) is 0. The van der Waals surface area contributed by atoms with Crippen LogP contribution in [0, 0.1) is 0 Å². The third kappa shape index (κ3) is 3.18. The van der Waals surface area contributed by atoms with Crippen molar-refractivity contribution in [3.8, 4) is 0 Å². The molecule has 0 amide bonds. The lowest BCUT2D eigenvalue weighted by Gasteiger charge is -2.33. The highest BCUT2D eigenvalue weighted by atomic mass is 32.2. The van der Waals surface area contributed by atoms with Crippen molar-refractivity contribution in [3.63, 3.8) is 0 Å². The monoisotopic (exact) mass is 283 g/mol. The van der Waals surface area contributed by atoms with Crippen LogP contribution in [0.1, 0.15) is 25.7 Å². The predicted octanol–water partition coefficient (Wildman–Crippen LogP) is -0.994. The van der Waals surface area contributed by atoms with Crippen LogP contribution < -0.4 is 4.72 Å². The molecule has 1 heterocycles. The molecule has 0 aromatic heterocycles. The number of sulfonamides is 1. The zero-order valence-corrected chi connectivity index (χ0v) is 11.0. The highest BCUT2D eigenvalue weighted by molar-refractivity contribution is 7.92. The van der Waals surface area contributed by atoms with E-state index in [1.165, 1.54) is 0 Å². The molecule has 0 radical (unpaired) electrons. The van der Waals surface area contributed by atoms with Crippen molar-refractivity contribution in [2.75, 3.05) is 11.5 Å². The summed E-state index contributed by atoms with van der Waals surface area (Å²) in [6, 6.07) is -0.187. The van der Waals surface area contributed by atoms with E-state index in [1.54, 1.807) is 0 Å². The molecule has 2 N–H and O–H groups in total. The Morgan fingerprint density at radius 1 is 1.12 bits per heavy atom. The Kier molecular flexibility index (Phi) is 3.50. The lowest BCUT2D eigenvalue weighted by atomic mass is 9.91. The highest BCUT2D eigenvalue weighted by Gasteiger charge is 2.37. The van der Waals surface area contributed by atoms with Crippen LogP contribution >= 0.6 is 0 Å². The maximum absolute atomic E-state index is 11.9. The van der Waals surface area contributed by atoms with Crippen LogP contribution in [0.2, 0.25) is 0 Å². The zero-order valence-electron chi connectivity index (χ0n) is 9.37. The Hall–Kier alpha value is -0.180. The summed E-state index contributed by atoms with van der Waals surface area (Å²) < 4.78 is 48.8. The van der Waals surface area contributed by atoms with Crippen LogP contribution in [0.3, 0.4) is 0 Å². The topological polar surface area (TPSA) is 101 Å². The second kappa shape index (κ2) is 4.49. The van der Waals surface area contributed by atoms with Crippen molar-refractivity contribution in [2.24, 2.45) is 0 Å². The smallest absolute Gasteiger partial charge is 0.214 e. The Morgan fingerprint density at radius 3 is 2.12 bits per heavy atom. The quantitative estimate of drug-likeness (QED) is 0.692. The minimum absolute atomic E-state index is 0.0497. The predicted molar refractivity (Wildman–Crippen MR) is 62.8 cm³/mol. The lowest BCUT2D eigenvalue weighted by Crippen LogP contribution is -2.50. The zero-order chi connectivity index (χ0) is 12.7. The fraction of sp³-hybridized carbons (Fsp3) is 1.00. The lowest BCUT2D eigenvalue weighted by molar-refractivity contribution is 0.0711. The maximum Gasteiger partial charge on any atom is 0.214 e. The van der Waals surface area contributed by atoms with Gasteiger partial charge in [-0.05, 0) is 25.7 Å². The molecule has 8 heteroatoms. The van der Waals surface area contributed by atoms with Crippen molar-refractivity contribution in [2.45, 2.75) is 43.1 Å². The van der Waals surface area contributed by atoms with E-state index in [4.69, 9.17) is 5.11 Å².